The van der Waals surface area contributed by atoms with Crippen LogP contribution in [0.15, 0.2) is 24.3 Å². The molecule has 0 aliphatic rings. The molecule has 0 amide bonds. The molecule has 0 saturated carbocycles. The van der Waals surface area contributed by atoms with E-state index in [0.29, 0.717) is 5.56 Å². The van der Waals surface area contributed by atoms with Gasteiger partial charge in [0.15, 0.2) is 0 Å². The number of carbonyl (C=O) groups is 1. The lowest BCUT2D eigenvalue weighted by atomic mass is 10.2. The largest absolute Gasteiger partial charge is 0.464 e. The highest BCUT2D eigenvalue weighted by Crippen LogP contribution is 2.18. The number of nitro groups is 1. The molecular formula is C11H13NO5. The Morgan fingerprint density at radius 2 is 2.12 bits per heavy atom. The summed E-state index contributed by atoms with van der Waals surface area (Å²) in [5.41, 5.74) is 0.415. The Morgan fingerprint density at radius 1 is 1.41 bits per heavy atom. The predicted octanol–water partition coefficient (Wildman–Crippen LogP) is 1.67. The van der Waals surface area contributed by atoms with E-state index in [1.165, 1.54) is 6.07 Å². The molecule has 1 aromatic rings. The molecule has 0 aliphatic heterocycles. The molecule has 1 aromatic carbocycles. The molecule has 0 radical (unpaired) electrons. The highest BCUT2D eigenvalue weighted by Gasteiger charge is 2.12. The average molecular weight is 239 g/mol. The van der Waals surface area contributed by atoms with Gasteiger partial charge in [0.2, 0.25) is 0 Å². The SMILES string of the molecule is CCOC(=O)COCc1ccccc1[N+](=O)[O-]. The zero-order valence-electron chi connectivity index (χ0n) is 9.42. The molecule has 0 unspecified atom stereocenters. The van der Waals surface area contributed by atoms with Gasteiger partial charge in [-0.2, -0.15) is 0 Å². The van der Waals surface area contributed by atoms with Crippen molar-refractivity contribution in [3.63, 3.8) is 0 Å². The van der Waals surface area contributed by atoms with E-state index in [9.17, 15) is 14.9 Å². The molecule has 0 atom stereocenters. The van der Waals surface area contributed by atoms with Crippen LogP contribution in [-0.4, -0.2) is 24.1 Å². The number of para-hydroxylation sites is 1. The van der Waals surface area contributed by atoms with Crippen molar-refractivity contribution in [2.45, 2.75) is 13.5 Å². The Hall–Kier alpha value is -1.95. The minimum absolute atomic E-state index is 0.00989. The lowest BCUT2D eigenvalue weighted by Crippen LogP contribution is -2.12. The first-order chi connectivity index (χ1) is 8.15. The van der Waals surface area contributed by atoms with Gasteiger partial charge in [0, 0.05) is 6.07 Å². The van der Waals surface area contributed by atoms with E-state index >= 15 is 0 Å². The summed E-state index contributed by atoms with van der Waals surface area (Å²) in [4.78, 5) is 21.2. The van der Waals surface area contributed by atoms with Crippen LogP contribution < -0.4 is 0 Å². The standard InChI is InChI=1S/C11H13NO5/c1-2-17-11(13)8-16-7-9-5-3-4-6-10(9)12(14)15/h3-6H,2,7-8H2,1H3. The van der Waals surface area contributed by atoms with Gasteiger partial charge >= 0.3 is 5.97 Å². The van der Waals surface area contributed by atoms with Crippen LogP contribution in [0.5, 0.6) is 0 Å². The van der Waals surface area contributed by atoms with Gasteiger partial charge in [0.05, 0.1) is 23.7 Å². The van der Waals surface area contributed by atoms with Crippen molar-refractivity contribution >= 4 is 11.7 Å². The second kappa shape index (κ2) is 6.59. The normalized spacial score (nSPS) is 9.94. The molecule has 0 heterocycles. The summed E-state index contributed by atoms with van der Waals surface area (Å²) >= 11 is 0. The van der Waals surface area contributed by atoms with E-state index in [1.807, 2.05) is 0 Å². The van der Waals surface area contributed by atoms with Crippen LogP contribution in [0.4, 0.5) is 5.69 Å². The minimum Gasteiger partial charge on any atom is -0.464 e. The first kappa shape index (κ1) is 13.1. The monoisotopic (exact) mass is 239 g/mol. The number of benzene rings is 1. The molecule has 0 N–H and O–H groups in total. The molecule has 6 heteroatoms. The number of carbonyl (C=O) groups excluding carboxylic acids is 1. The van der Waals surface area contributed by atoms with Crippen molar-refractivity contribution in [1.82, 2.24) is 0 Å². The molecule has 6 nitrogen and oxygen atoms in total. The van der Waals surface area contributed by atoms with E-state index in [2.05, 4.69) is 4.74 Å². The first-order valence-corrected chi connectivity index (χ1v) is 5.10. The van der Waals surface area contributed by atoms with Gasteiger partial charge < -0.3 is 9.47 Å². The summed E-state index contributed by atoms with van der Waals surface area (Å²) in [5, 5.41) is 10.7. The maximum atomic E-state index is 11.0. The van der Waals surface area contributed by atoms with Crippen LogP contribution in [0, 0.1) is 10.1 Å². The van der Waals surface area contributed by atoms with Gasteiger partial charge in [-0.3, -0.25) is 10.1 Å². The molecule has 17 heavy (non-hydrogen) atoms. The zero-order chi connectivity index (χ0) is 12.7. The second-order valence-corrected chi connectivity index (χ2v) is 3.18. The maximum absolute atomic E-state index is 11.0. The Balaban J connectivity index is 2.52. The number of nitro benzene ring substituents is 1. The number of nitrogens with zero attached hydrogens (tertiary/aromatic N) is 1. The molecule has 1 rings (SSSR count). The number of esters is 1. The Labute approximate surface area is 98.3 Å². The van der Waals surface area contributed by atoms with Crippen molar-refractivity contribution in [2.24, 2.45) is 0 Å². The van der Waals surface area contributed by atoms with Crippen LogP contribution in [0.3, 0.4) is 0 Å². The smallest absolute Gasteiger partial charge is 0.332 e. The molecule has 0 bridgehead atoms. The van der Waals surface area contributed by atoms with Crippen LogP contribution in [0.2, 0.25) is 0 Å². The zero-order valence-corrected chi connectivity index (χ0v) is 9.42. The number of hydrogen-bond acceptors (Lipinski definition) is 5. The Bertz CT molecular complexity index is 405. The summed E-state index contributed by atoms with van der Waals surface area (Å²) in [6.45, 7) is 1.78. The quantitative estimate of drug-likeness (QED) is 0.428. The summed E-state index contributed by atoms with van der Waals surface area (Å²) in [5.74, 6) is -0.480. The fourth-order valence-corrected chi connectivity index (χ4v) is 1.26. The molecular weight excluding hydrogens is 226 g/mol. The third kappa shape index (κ3) is 4.20. The van der Waals surface area contributed by atoms with Gasteiger partial charge in [0.25, 0.3) is 5.69 Å². The highest BCUT2D eigenvalue weighted by molar-refractivity contribution is 5.70. The fourth-order valence-electron chi connectivity index (χ4n) is 1.26. The lowest BCUT2D eigenvalue weighted by molar-refractivity contribution is -0.385. The van der Waals surface area contributed by atoms with Crippen LogP contribution >= 0.6 is 0 Å². The first-order valence-electron chi connectivity index (χ1n) is 5.10. The van der Waals surface area contributed by atoms with Gasteiger partial charge in [-0.1, -0.05) is 12.1 Å². The highest BCUT2D eigenvalue weighted by atomic mass is 16.6. The molecule has 92 valence electrons. The van der Waals surface area contributed by atoms with E-state index in [-0.39, 0.29) is 25.5 Å². The summed E-state index contributed by atoms with van der Waals surface area (Å²) in [7, 11) is 0. The number of rotatable bonds is 6. The topological polar surface area (TPSA) is 78.7 Å². The Kier molecular flexibility index (Phi) is 5.09. The van der Waals surface area contributed by atoms with Gasteiger partial charge in [-0.25, -0.2) is 4.79 Å². The Morgan fingerprint density at radius 3 is 2.76 bits per heavy atom. The number of hydrogen-bond donors (Lipinski definition) is 0. The average Bonchev–Trinajstić information content (AvgIpc) is 2.30. The second-order valence-electron chi connectivity index (χ2n) is 3.18. The van der Waals surface area contributed by atoms with Gasteiger partial charge in [-0.15, -0.1) is 0 Å². The third-order valence-corrected chi connectivity index (χ3v) is 1.97. The van der Waals surface area contributed by atoms with Crippen LogP contribution in [-0.2, 0) is 20.9 Å². The summed E-state index contributed by atoms with van der Waals surface area (Å²) in [6.07, 6.45) is 0. The lowest BCUT2D eigenvalue weighted by Gasteiger charge is -2.04. The fraction of sp³-hybridized carbons (Fsp3) is 0.364. The van der Waals surface area contributed by atoms with Crippen LogP contribution in [0.25, 0.3) is 0 Å². The van der Waals surface area contributed by atoms with Crippen molar-refractivity contribution in [1.29, 1.82) is 0 Å². The molecule has 0 spiro atoms. The molecule has 0 aliphatic carbocycles. The van der Waals surface area contributed by atoms with E-state index in [4.69, 9.17) is 4.74 Å². The van der Waals surface area contributed by atoms with Gasteiger partial charge in [-0.05, 0) is 13.0 Å². The minimum atomic E-state index is -0.483. The third-order valence-electron chi connectivity index (χ3n) is 1.97. The van der Waals surface area contributed by atoms with Gasteiger partial charge in [0.1, 0.15) is 6.61 Å². The molecule has 0 aromatic heterocycles. The summed E-state index contributed by atoms with van der Waals surface area (Å²) in [6, 6.07) is 6.23. The van der Waals surface area contributed by atoms with Crippen molar-refractivity contribution in [2.75, 3.05) is 13.2 Å². The van der Waals surface area contributed by atoms with E-state index in [0.717, 1.165) is 0 Å². The predicted molar refractivity (Wildman–Crippen MR) is 59.4 cm³/mol. The van der Waals surface area contributed by atoms with Crippen molar-refractivity contribution < 1.29 is 19.2 Å². The van der Waals surface area contributed by atoms with Crippen molar-refractivity contribution in [3.8, 4) is 0 Å². The number of ether oxygens (including phenoxy) is 2. The maximum Gasteiger partial charge on any atom is 0.332 e. The van der Waals surface area contributed by atoms with Crippen molar-refractivity contribution in [3.05, 3.63) is 39.9 Å². The molecule has 0 fully saturated rings. The molecule has 0 saturated heterocycles. The summed E-state index contributed by atoms with van der Waals surface area (Å²) < 4.78 is 9.71. The van der Waals surface area contributed by atoms with Crippen LogP contribution in [0.1, 0.15) is 12.5 Å². The van der Waals surface area contributed by atoms with E-state index in [1.54, 1.807) is 25.1 Å². The van der Waals surface area contributed by atoms with E-state index < -0.39 is 10.9 Å².